The summed E-state index contributed by atoms with van der Waals surface area (Å²) in [4.78, 5) is 0. The zero-order valence-corrected chi connectivity index (χ0v) is 7.00. The van der Waals surface area contributed by atoms with Gasteiger partial charge in [0.05, 0.1) is 23.7 Å². The molecule has 0 fully saturated rings. The molecule has 66 valence electrons. The normalized spacial score (nSPS) is 14.2. The summed E-state index contributed by atoms with van der Waals surface area (Å²) >= 11 is 0. The molecule has 2 N–H and O–H groups in total. The van der Waals surface area contributed by atoms with Crippen molar-refractivity contribution in [3.8, 4) is 11.3 Å². The zero-order chi connectivity index (χ0) is 8.67. The molecule has 0 radical (unpaired) electrons. The predicted molar refractivity (Wildman–Crippen MR) is 48.5 cm³/mol. The van der Waals surface area contributed by atoms with Crippen LogP contribution in [0.2, 0.25) is 0 Å². The first kappa shape index (κ1) is 6.77. The molecular weight excluding hydrogens is 166 g/mol. The fraction of sp³-hybridized carbons (Fsp3) is 0.222. The van der Waals surface area contributed by atoms with Gasteiger partial charge < -0.3 is 9.73 Å². The van der Waals surface area contributed by atoms with E-state index in [1.807, 2.05) is 12.3 Å². The number of hydrogen-bond donors (Lipinski definition) is 2. The van der Waals surface area contributed by atoms with Crippen molar-refractivity contribution in [3.63, 3.8) is 0 Å². The highest BCUT2D eigenvalue weighted by atomic mass is 16.3. The molecule has 2 aromatic heterocycles. The Morgan fingerprint density at radius 3 is 3.46 bits per heavy atom. The van der Waals surface area contributed by atoms with Crippen molar-refractivity contribution in [3.05, 3.63) is 24.1 Å². The standard InChI is InChI=1S/C9H9N3O/c1-3-10-9-7(2-4-13-9)8-6(1)5-11-12-8/h2,4-5,10H,1,3H2,(H,11,12). The molecule has 0 bridgehead atoms. The Hall–Kier alpha value is -1.71. The maximum Gasteiger partial charge on any atom is 0.202 e. The van der Waals surface area contributed by atoms with Crippen LogP contribution in [-0.2, 0) is 6.42 Å². The molecule has 3 heterocycles. The first-order chi connectivity index (χ1) is 6.45. The van der Waals surface area contributed by atoms with E-state index in [4.69, 9.17) is 4.42 Å². The second-order valence-electron chi connectivity index (χ2n) is 3.11. The smallest absolute Gasteiger partial charge is 0.202 e. The van der Waals surface area contributed by atoms with Gasteiger partial charge in [-0.25, -0.2) is 0 Å². The average molecular weight is 175 g/mol. The third kappa shape index (κ3) is 0.884. The van der Waals surface area contributed by atoms with Crippen LogP contribution < -0.4 is 5.32 Å². The number of furan rings is 1. The first-order valence-electron chi connectivity index (χ1n) is 4.29. The van der Waals surface area contributed by atoms with Gasteiger partial charge in [0.25, 0.3) is 0 Å². The lowest BCUT2D eigenvalue weighted by atomic mass is 10.1. The molecule has 2 aromatic rings. The predicted octanol–water partition coefficient (Wildman–Crippen LogP) is 1.64. The molecule has 0 saturated carbocycles. The molecule has 0 saturated heterocycles. The van der Waals surface area contributed by atoms with Gasteiger partial charge in [-0.2, -0.15) is 5.10 Å². The molecular formula is C9H9N3O. The van der Waals surface area contributed by atoms with Crippen molar-refractivity contribution >= 4 is 5.88 Å². The van der Waals surface area contributed by atoms with E-state index in [-0.39, 0.29) is 0 Å². The van der Waals surface area contributed by atoms with E-state index in [1.54, 1.807) is 6.26 Å². The van der Waals surface area contributed by atoms with Gasteiger partial charge in [-0.05, 0) is 18.1 Å². The summed E-state index contributed by atoms with van der Waals surface area (Å²) in [5.41, 5.74) is 3.39. The quantitative estimate of drug-likeness (QED) is 0.640. The monoisotopic (exact) mass is 175 g/mol. The van der Waals surface area contributed by atoms with Crippen LogP contribution in [0, 0.1) is 0 Å². The summed E-state index contributed by atoms with van der Waals surface area (Å²) in [6, 6.07) is 1.95. The second kappa shape index (κ2) is 2.39. The summed E-state index contributed by atoms with van der Waals surface area (Å²) < 4.78 is 5.30. The number of nitrogens with one attached hydrogen (secondary N) is 2. The fourth-order valence-electron chi connectivity index (χ4n) is 1.69. The number of nitrogens with zero attached hydrogens (tertiary/aromatic N) is 1. The van der Waals surface area contributed by atoms with E-state index in [2.05, 4.69) is 15.5 Å². The van der Waals surface area contributed by atoms with Crippen LogP contribution in [0.15, 0.2) is 22.9 Å². The highest BCUT2D eigenvalue weighted by Gasteiger charge is 2.17. The molecule has 1 aliphatic heterocycles. The summed E-state index contributed by atoms with van der Waals surface area (Å²) in [6.07, 6.45) is 4.54. The maximum atomic E-state index is 5.30. The van der Waals surface area contributed by atoms with E-state index in [0.717, 1.165) is 30.1 Å². The van der Waals surface area contributed by atoms with Crippen molar-refractivity contribution in [2.45, 2.75) is 6.42 Å². The highest BCUT2D eigenvalue weighted by Crippen LogP contribution is 2.32. The minimum atomic E-state index is 0.836. The number of aromatic nitrogens is 2. The molecule has 13 heavy (non-hydrogen) atoms. The minimum absolute atomic E-state index is 0.836. The molecule has 0 aromatic carbocycles. The van der Waals surface area contributed by atoms with Crippen LogP contribution in [0.25, 0.3) is 11.3 Å². The Balaban J connectivity index is 2.27. The summed E-state index contributed by atoms with van der Waals surface area (Å²) in [5.74, 6) is 0.836. The molecule has 1 aliphatic rings. The van der Waals surface area contributed by atoms with E-state index in [0.29, 0.717) is 0 Å². The van der Waals surface area contributed by atoms with Crippen LogP contribution in [0.4, 0.5) is 5.88 Å². The van der Waals surface area contributed by atoms with Crippen molar-refractivity contribution in [1.29, 1.82) is 0 Å². The van der Waals surface area contributed by atoms with Gasteiger partial charge >= 0.3 is 0 Å². The van der Waals surface area contributed by atoms with Crippen molar-refractivity contribution in [2.24, 2.45) is 0 Å². The van der Waals surface area contributed by atoms with Crippen LogP contribution >= 0.6 is 0 Å². The third-order valence-corrected chi connectivity index (χ3v) is 2.33. The molecule has 3 rings (SSSR count). The second-order valence-corrected chi connectivity index (χ2v) is 3.11. The van der Waals surface area contributed by atoms with Crippen LogP contribution in [0.3, 0.4) is 0 Å². The van der Waals surface area contributed by atoms with Gasteiger partial charge in [-0.3, -0.25) is 5.10 Å². The number of anilines is 1. The van der Waals surface area contributed by atoms with Crippen molar-refractivity contribution in [2.75, 3.05) is 11.9 Å². The number of aromatic amines is 1. The number of rotatable bonds is 0. The van der Waals surface area contributed by atoms with Crippen LogP contribution in [-0.4, -0.2) is 16.7 Å². The Morgan fingerprint density at radius 2 is 2.46 bits per heavy atom. The minimum Gasteiger partial charge on any atom is -0.448 e. The molecule has 0 aliphatic carbocycles. The lowest BCUT2D eigenvalue weighted by Crippen LogP contribution is -2.01. The summed E-state index contributed by atoms with van der Waals surface area (Å²) in [7, 11) is 0. The van der Waals surface area contributed by atoms with E-state index in [9.17, 15) is 0 Å². The van der Waals surface area contributed by atoms with Gasteiger partial charge in [-0.1, -0.05) is 0 Å². The molecule has 0 amide bonds. The maximum absolute atomic E-state index is 5.30. The number of H-pyrrole nitrogens is 1. The van der Waals surface area contributed by atoms with E-state index < -0.39 is 0 Å². The largest absolute Gasteiger partial charge is 0.448 e. The lowest BCUT2D eigenvalue weighted by molar-refractivity contribution is 0.580. The van der Waals surface area contributed by atoms with Crippen molar-refractivity contribution in [1.82, 2.24) is 10.2 Å². The van der Waals surface area contributed by atoms with Gasteiger partial charge in [0, 0.05) is 6.54 Å². The topological polar surface area (TPSA) is 53.9 Å². The fourth-order valence-corrected chi connectivity index (χ4v) is 1.69. The van der Waals surface area contributed by atoms with E-state index in [1.165, 1.54) is 5.56 Å². The highest BCUT2D eigenvalue weighted by molar-refractivity contribution is 5.74. The third-order valence-electron chi connectivity index (χ3n) is 2.33. The molecule has 0 atom stereocenters. The SMILES string of the molecule is c1cc2c(o1)NCCc1cn[nH]c1-2. The number of fused-ring (bicyclic) bond motifs is 3. The Morgan fingerprint density at radius 1 is 1.46 bits per heavy atom. The van der Waals surface area contributed by atoms with E-state index >= 15 is 0 Å². The first-order valence-corrected chi connectivity index (χ1v) is 4.29. The molecule has 0 unspecified atom stereocenters. The molecule has 4 nitrogen and oxygen atoms in total. The molecule has 0 spiro atoms. The molecule has 4 heteroatoms. The summed E-state index contributed by atoms with van der Waals surface area (Å²) in [5, 5.41) is 10.2. The lowest BCUT2D eigenvalue weighted by Gasteiger charge is -1.97. The average Bonchev–Trinajstić information content (AvgIpc) is 2.72. The number of hydrogen-bond acceptors (Lipinski definition) is 3. The van der Waals surface area contributed by atoms with Crippen LogP contribution in [0.5, 0.6) is 0 Å². The van der Waals surface area contributed by atoms with Gasteiger partial charge in [0.1, 0.15) is 0 Å². The van der Waals surface area contributed by atoms with Gasteiger partial charge in [0.15, 0.2) is 0 Å². The Bertz CT molecular complexity index is 389. The Labute approximate surface area is 75.0 Å². The summed E-state index contributed by atoms with van der Waals surface area (Å²) in [6.45, 7) is 0.896. The van der Waals surface area contributed by atoms with Crippen molar-refractivity contribution < 1.29 is 4.42 Å². The Kier molecular flexibility index (Phi) is 1.24. The van der Waals surface area contributed by atoms with Crippen LogP contribution in [0.1, 0.15) is 5.56 Å². The van der Waals surface area contributed by atoms with Gasteiger partial charge in [0.2, 0.25) is 5.88 Å². The zero-order valence-electron chi connectivity index (χ0n) is 7.00. The van der Waals surface area contributed by atoms with Gasteiger partial charge in [-0.15, -0.1) is 0 Å².